The topological polar surface area (TPSA) is 38.8 Å². The molecular formula is C18H21NO3. The van der Waals surface area contributed by atoms with Gasteiger partial charge in [-0.25, -0.2) is 0 Å². The van der Waals surface area contributed by atoms with Crippen molar-refractivity contribution in [1.82, 2.24) is 4.90 Å². The largest absolute Gasteiger partial charge is 0.497 e. The van der Waals surface area contributed by atoms with Crippen LogP contribution in [0.15, 0.2) is 48.5 Å². The Morgan fingerprint density at radius 3 is 2.14 bits per heavy atom. The summed E-state index contributed by atoms with van der Waals surface area (Å²) in [5.41, 5.74) is 1.71. The molecule has 0 aliphatic heterocycles. The maximum Gasteiger partial charge on any atom is 0.253 e. The zero-order valence-electron chi connectivity index (χ0n) is 13.2. The fraction of sp³-hybridized carbons (Fsp3) is 0.278. The van der Waals surface area contributed by atoms with Crippen LogP contribution in [-0.4, -0.2) is 31.6 Å². The third-order valence-corrected chi connectivity index (χ3v) is 3.34. The Morgan fingerprint density at radius 2 is 1.59 bits per heavy atom. The van der Waals surface area contributed by atoms with Crippen LogP contribution in [0.2, 0.25) is 0 Å². The van der Waals surface area contributed by atoms with E-state index in [1.807, 2.05) is 43.3 Å². The predicted molar refractivity (Wildman–Crippen MR) is 86.4 cm³/mol. The first kappa shape index (κ1) is 15.9. The van der Waals surface area contributed by atoms with E-state index in [2.05, 4.69) is 0 Å². The third kappa shape index (κ3) is 4.01. The molecule has 0 fully saturated rings. The van der Waals surface area contributed by atoms with Crippen LogP contribution in [0.3, 0.4) is 0 Å². The number of ether oxygens (including phenoxy) is 2. The van der Waals surface area contributed by atoms with E-state index in [1.165, 1.54) is 0 Å². The van der Waals surface area contributed by atoms with Gasteiger partial charge in [0, 0.05) is 19.2 Å². The van der Waals surface area contributed by atoms with Crippen molar-refractivity contribution in [2.75, 3.05) is 20.8 Å². The molecule has 1 amide bonds. The summed E-state index contributed by atoms with van der Waals surface area (Å²) in [6.07, 6.45) is 0. The lowest BCUT2D eigenvalue weighted by atomic mass is 10.1. The number of rotatable bonds is 6. The quantitative estimate of drug-likeness (QED) is 0.821. The van der Waals surface area contributed by atoms with Crippen LogP contribution in [0.4, 0.5) is 0 Å². The molecule has 0 unspecified atom stereocenters. The van der Waals surface area contributed by atoms with Gasteiger partial charge in [-0.05, 0) is 48.9 Å². The van der Waals surface area contributed by atoms with E-state index < -0.39 is 0 Å². The maximum atomic E-state index is 12.4. The molecule has 4 heteroatoms. The van der Waals surface area contributed by atoms with Gasteiger partial charge in [-0.3, -0.25) is 4.79 Å². The fourth-order valence-electron chi connectivity index (χ4n) is 2.16. The summed E-state index contributed by atoms with van der Waals surface area (Å²) >= 11 is 0. The summed E-state index contributed by atoms with van der Waals surface area (Å²) in [6, 6.07) is 14.9. The van der Waals surface area contributed by atoms with Crippen LogP contribution in [0, 0.1) is 0 Å². The van der Waals surface area contributed by atoms with Crippen LogP contribution in [-0.2, 0) is 6.54 Å². The van der Waals surface area contributed by atoms with Gasteiger partial charge in [0.15, 0.2) is 0 Å². The minimum absolute atomic E-state index is 0.0149. The summed E-state index contributed by atoms with van der Waals surface area (Å²) in [7, 11) is 3.43. The lowest BCUT2D eigenvalue weighted by Gasteiger charge is -2.17. The predicted octanol–water partition coefficient (Wildman–Crippen LogP) is 3.37. The molecule has 4 nitrogen and oxygen atoms in total. The van der Waals surface area contributed by atoms with Crippen molar-refractivity contribution < 1.29 is 14.3 Å². The van der Waals surface area contributed by atoms with Gasteiger partial charge in [0.25, 0.3) is 5.91 Å². The second-order valence-electron chi connectivity index (χ2n) is 4.97. The van der Waals surface area contributed by atoms with Gasteiger partial charge < -0.3 is 14.4 Å². The smallest absolute Gasteiger partial charge is 0.253 e. The van der Waals surface area contributed by atoms with Crippen LogP contribution in [0.25, 0.3) is 0 Å². The van der Waals surface area contributed by atoms with Crippen molar-refractivity contribution in [1.29, 1.82) is 0 Å². The lowest BCUT2D eigenvalue weighted by molar-refractivity contribution is 0.0785. The fourth-order valence-corrected chi connectivity index (χ4v) is 2.16. The van der Waals surface area contributed by atoms with E-state index in [1.54, 1.807) is 31.2 Å². The Morgan fingerprint density at radius 1 is 1.00 bits per heavy atom. The number of nitrogens with zero attached hydrogens (tertiary/aromatic N) is 1. The van der Waals surface area contributed by atoms with E-state index in [0.717, 1.165) is 17.1 Å². The van der Waals surface area contributed by atoms with Gasteiger partial charge in [-0.2, -0.15) is 0 Å². The molecular weight excluding hydrogens is 278 g/mol. The van der Waals surface area contributed by atoms with Crippen LogP contribution >= 0.6 is 0 Å². The molecule has 0 spiro atoms. The Labute approximate surface area is 131 Å². The molecule has 0 aliphatic carbocycles. The maximum absolute atomic E-state index is 12.4. The number of carbonyl (C=O) groups is 1. The number of methoxy groups -OCH3 is 1. The Kier molecular flexibility index (Phi) is 5.42. The van der Waals surface area contributed by atoms with Gasteiger partial charge in [0.2, 0.25) is 0 Å². The van der Waals surface area contributed by atoms with Gasteiger partial charge in [0.05, 0.1) is 13.7 Å². The molecule has 0 saturated heterocycles. The average molecular weight is 299 g/mol. The monoisotopic (exact) mass is 299 g/mol. The van der Waals surface area contributed by atoms with Gasteiger partial charge in [-0.15, -0.1) is 0 Å². The molecule has 0 heterocycles. The van der Waals surface area contributed by atoms with Gasteiger partial charge in [0.1, 0.15) is 11.5 Å². The van der Waals surface area contributed by atoms with Crippen LogP contribution < -0.4 is 9.47 Å². The van der Waals surface area contributed by atoms with E-state index in [4.69, 9.17) is 9.47 Å². The van der Waals surface area contributed by atoms with Crippen LogP contribution in [0.1, 0.15) is 22.8 Å². The Hall–Kier alpha value is -2.49. The molecule has 0 aliphatic rings. The molecule has 0 saturated carbocycles. The van der Waals surface area contributed by atoms with E-state index in [9.17, 15) is 4.79 Å². The lowest BCUT2D eigenvalue weighted by Crippen LogP contribution is -2.26. The third-order valence-electron chi connectivity index (χ3n) is 3.34. The van der Waals surface area contributed by atoms with Crippen LogP contribution in [0.5, 0.6) is 11.5 Å². The minimum atomic E-state index is -0.0149. The van der Waals surface area contributed by atoms with E-state index >= 15 is 0 Å². The summed E-state index contributed by atoms with van der Waals surface area (Å²) < 4.78 is 10.5. The first-order valence-electron chi connectivity index (χ1n) is 7.25. The highest BCUT2D eigenvalue weighted by Gasteiger charge is 2.12. The molecule has 22 heavy (non-hydrogen) atoms. The number of hydrogen-bond donors (Lipinski definition) is 0. The highest BCUT2D eigenvalue weighted by Crippen LogP contribution is 2.16. The molecule has 0 atom stereocenters. The molecule has 2 rings (SSSR count). The number of amides is 1. The molecule has 116 valence electrons. The highest BCUT2D eigenvalue weighted by atomic mass is 16.5. The molecule has 0 N–H and O–H groups in total. The number of benzene rings is 2. The molecule has 2 aromatic carbocycles. The average Bonchev–Trinajstić information content (AvgIpc) is 2.56. The summed E-state index contributed by atoms with van der Waals surface area (Å²) in [5, 5.41) is 0. The van der Waals surface area contributed by atoms with Gasteiger partial charge >= 0.3 is 0 Å². The highest BCUT2D eigenvalue weighted by molar-refractivity contribution is 5.94. The van der Waals surface area contributed by atoms with Crippen molar-refractivity contribution in [2.45, 2.75) is 13.5 Å². The van der Waals surface area contributed by atoms with Crippen molar-refractivity contribution in [3.63, 3.8) is 0 Å². The molecule has 2 aromatic rings. The Bertz CT molecular complexity index is 605. The molecule has 0 radical (unpaired) electrons. The van der Waals surface area contributed by atoms with E-state index in [0.29, 0.717) is 18.7 Å². The first-order chi connectivity index (χ1) is 10.6. The SMILES string of the molecule is CCOc1ccc(C(=O)N(C)Cc2ccc(OC)cc2)cc1. The minimum Gasteiger partial charge on any atom is -0.497 e. The van der Waals surface area contributed by atoms with Crippen molar-refractivity contribution >= 4 is 5.91 Å². The number of carbonyl (C=O) groups excluding carboxylic acids is 1. The van der Waals surface area contributed by atoms with Gasteiger partial charge in [-0.1, -0.05) is 12.1 Å². The van der Waals surface area contributed by atoms with Crippen molar-refractivity contribution in [2.24, 2.45) is 0 Å². The first-order valence-corrected chi connectivity index (χ1v) is 7.25. The summed E-state index contributed by atoms with van der Waals surface area (Å²) in [6.45, 7) is 3.10. The second kappa shape index (κ2) is 7.50. The zero-order chi connectivity index (χ0) is 15.9. The molecule has 0 aromatic heterocycles. The normalized spacial score (nSPS) is 10.1. The Balaban J connectivity index is 2.01. The number of hydrogen-bond acceptors (Lipinski definition) is 3. The standard InChI is InChI=1S/C18H21NO3/c1-4-22-17-11-7-15(8-12-17)18(20)19(2)13-14-5-9-16(21-3)10-6-14/h5-12H,4,13H2,1-3H3. The summed E-state index contributed by atoms with van der Waals surface area (Å²) in [5.74, 6) is 1.57. The summed E-state index contributed by atoms with van der Waals surface area (Å²) in [4.78, 5) is 14.1. The second-order valence-corrected chi connectivity index (χ2v) is 4.97. The van der Waals surface area contributed by atoms with Crippen molar-refractivity contribution in [3.05, 3.63) is 59.7 Å². The van der Waals surface area contributed by atoms with E-state index in [-0.39, 0.29) is 5.91 Å². The molecule has 0 bridgehead atoms. The van der Waals surface area contributed by atoms with Crippen molar-refractivity contribution in [3.8, 4) is 11.5 Å². The zero-order valence-corrected chi connectivity index (χ0v) is 13.2.